The van der Waals surface area contributed by atoms with E-state index in [0.29, 0.717) is 30.2 Å². The number of aliphatic carboxylic acids is 1. The third-order valence-electron chi connectivity index (χ3n) is 2.91. The van der Waals surface area contributed by atoms with Crippen LogP contribution in [0.5, 0.6) is 0 Å². The highest BCUT2D eigenvalue weighted by Crippen LogP contribution is 2.12. The molecule has 1 saturated heterocycles. The lowest BCUT2D eigenvalue weighted by Gasteiger charge is -2.26. The molecule has 1 aliphatic rings. The summed E-state index contributed by atoms with van der Waals surface area (Å²) in [5, 5.41) is 8.65. The second kappa shape index (κ2) is 6.42. The molecule has 0 spiro atoms. The van der Waals surface area contributed by atoms with Crippen LogP contribution in [0.25, 0.3) is 6.08 Å². The van der Waals surface area contributed by atoms with Crippen molar-refractivity contribution in [2.45, 2.75) is 0 Å². The highest BCUT2D eigenvalue weighted by molar-refractivity contribution is 7.85. The predicted octanol–water partition coefficient (Wildman–Crippen LogP) is 0.384. The molecule has 0 saturated carbocycles. The highest BCUT2D eigenvalue weighted by atomic mass is 32.2. The predicted molar refractivity (Wildman–Crippen MR) is 74.7 cm³/mol. The smallest absolute Gasteiger partial charge is 0.328 e. The number of amides is 1. The summed E-state index contributed by atoms with van der Waals surface area (Å²) in [5.74, 6) is -0.398. The van der Waals surface area contributed by atoms with Crippen molar-refractivity contribution < 1.29 is 18.9 Å². The average Bonchev–Trinajstić information content (AvgIpc) is 2.45. The Bertz CT molecular complexity index is 575. The minimum Gasteiger partial charge on any atom is -0.478 e. The van der Waals surface area contributed by atoms with Gasteiger partial charge in [0.1, 0.15) is 5.69 Å². The van der Waals surface area contributed by atoms with E-state index in [2.05, 4.69) is 4.98 Å². The number of carbonyl (C=O) groups excluding carboxylic acids is 1. The summed E-state index contributed by atoms with van der Waals surface area (Å²) >= 11 is 0. The van der Waals surface area contributed by atoms with Gasteiger partial charge in [0.2, 0.25) is 0 Å². The zero-order chi connectivity index (χ0) is 14.5. The summed E-state index contributed by atoms with van der Waals surface area (Å²) in [6.45, 7) is 0.869. The SMILES string of the molecule is O=C(O)/C=C/c1cccnc1C(=O)N1CCS(=O)CC1. The van der Waals surface area contributed by atoms with Gasteiger partial charge in [0.15, 0.2) is 0 Å². The fraction of sp³-hybridized carbons (Fsp3) is 0.308. The minimum absolute atomic E-state index is 0.220. The Labute approximate surface area is 118 Å². The quantitative estimate of drug-likeness (QED) is 0.815. The molecule has 0 aliphatic carbocycles. The van der Waals surface area contributed by atoms with Gasteiger partial charge < -0.3 is 10.0 Å². The number of nitrogens with zero attached hydrogens (tertiary/aromatic N) is 2. The molecule has 1 aromatic rings. The number of pyridine rings is 1. The molecule has 0 radical (unpaired) electrons. The van der Waals surface area contributed by atoms with E-state index in [0.717, 1.165) is 6.08 Å². The zero-order valence-corrected chi connectivity index (χ0v) is 11.5. The fourth-order valence-electron chi connectivity index (χ4n) is 1.88. The number of hydrogen-bond donors (Lipinski definition) is 1. The molecule has 2 rings (SSSR count). The first-order valence-electron chi connectivity index (χ1n) is 6.08. The van der Waals surface area contributed by atoms with Crippen molar-refractivity contribution in [3.63, 3.8) is 0 Å². The Morgan fingerprint density at radius 3 is 2.70 bits per heavy atom. The van der Waals surface area contributed by atoms with Crippen LogP contribution in [0.3, 0.4) is 0 Å². The van der Waals surface area contributed by atoms with Crippen molar-refractivity contribution in [2.75, 3.05) is 24.6 Å². The Kier molecular flexibility index (Phi) is 4.62. The molecule has 1 fully saturated rings. The van der Waals surface area contributed by atoms with E-state index < -0.39 is 16.8 Å². The van der Waals surface area contributed by atoms with Gasteiger partial charge in [-0.3, -0.25) is 14.0 Å². The van der Waals surface area contributed by atoms with Gasteiger partial charge in [0.25, 0.3) is 5.91 Å². The summed E-state index contributed by atoms with van der Waals surface area (Å²) in [7, 11) is -0.855. The molecule has 7 heteroatoms. The van der Waals surface area contributed by atoms with Crippen molar-refractivity contribution in [1.82, 2.24) is 9.88 Å². The van der Waals surface area contributed by atoms with E-state index >= 15 is 0 Å². The molecule has 1 N–H and O–H groups in total. The van der Waals surface area contributed by atoms with Crippen LogP contribution in [0.1, 0.15) is 16.1 Å². The monoisotopic (exact) mass is 294 g/mol. The third kappa shape index (κ3) is 3.51. The number of carboxylic acid groups (broad SMARTS) is 1. The van der Waals surface area contributed by atoms with Gasteiger partial charge in [0.05, 0.1) is 0 Å². The standard InChI is InChI=1S/C13H14N2O4S/c16-11(17)4-3-10-2-1-5-14-12(10)13(18)15-6-8-20(19)9-7-15/h1-5H,6-9H2,(H,16,17)/b4-3+. The molecule has 20 heavy (non-hydrogen) atoms. The van der Waals surface area contributed by atoms with E-state index in [-0.39, 0.29) is 11.6 Å². The Balaban J connectivity index is 2.21. The summed E-state index contributed by atoms with van der Waals surface area (Å²) in [4.78, 5) is 28.5. The van der Waals surface area contributed by atoms with Gasteiger partial charge in [-0.05, 0) is 12.1 Å². The molecule has 1 aliphatic heterocycles. The maximum Gasteiger partial charge on any atom is 0.328 e. The zero-order valence-electron chi connectivity index (χ0n) is 10.7. The number of carbonyl (C=O) groups is 2. The Hall–Kier alpha value is -2.02. The van der Waals surface area contributed by atoms with Crippen LogP contribution < -0.4 is 0 Å². The topological polar surface area (TPSA) is 87.6 Å². The lowest BCUT2D eigenvalue weighted by Crippen LogP contribution is -2.42. The molecule has 2 heterocycles. The van der Waals surface area contributed by atoms with Crippen LogP contribution in [-0.2, 0) is 15.6 Å². The van der Waals surface area contributed by atoms with Crippen LogP contribution in [0.2, 0.25) is 0 Å². The van der Waals surface area contributed by atoms with E-state index in [1.165, 1.54) is 12.3 Å². The van der Waals surface area contributed by atoms with E-state index in [9.17, 15) is 13.8 Å². The maximum atomic E-state index is 12.4. The van der Waals surface area contributed by atoms with Gasteiger partial charge in [0, 0.05) is 53.2 Å². The average molecular weight is 294 g/mol. The third-order valence-corrected chi connectivity index (χ3v) is 4.19. The molecule has 6 nitrogen and oxygen atoms in total. The minimum atomic E-state index is -1.08. The van der Waals surface area contributed by atoms with Crippen molar-refractivity contribution in [1.29, 1.82) is 0 Å². The number of hydrogen-bond acceptors (Lipinski definition) is 4. The first kappa shape index (κ1) is 14.4. The molecule has 106 valence electrons. The molecular weight excluding hydrogens is 280 g/mol. The van der Waals surface area contributed by atoms with Crippen molar-refractivity contribution >= 4 is 28.8 Å². The maximum absolute atomic E-state index is 12.4. The van der Waals surface area contributed by atoms with Crippen LogP contribution in [0.15, 0.2) is 24.4 Å². The van der Waals surface area contributed by atoms with Crippen molar-refractivity contribution in [2.24, 2.45) is 0 Å². The van der Waals surface area contributed by atoms with Crippen LogP contribution >= 0.6 is 0 Å². The molecule has 1 amide bonds. The molecule has 0 bridgehead atoms. The van der Waals surface area contributed by atoms with E-state index in [4.69, 9.17) is 5.11 Å². The van der Waals surface area contributed by atoms with E-state index in [1.807, 2.05) is 0 Å². The van der Waals surface area contributed by atoms with Crippen molar-refractivity contribution in [3.05, 3.63) is 35.7 Å². The molecule has 0 atom stereocenters. The van der Waals surface area contributed by atoms with Crippen LogP contribution in [0, 0.1) is 0 Å². The number of rotatable bonds is 3. The molecule has 0 unspecified atom stereocenters. The van der Waals surface area contributed by atoms with Crippen LogP contribution in [0.4, 0.5) is 0 Å². The number of aromatic nitrogens is 1. The molecular formula is C13H14N2O4S. The second-order valence-corrected chi connectivity index (χ2v) is 5.95. The normalized spacial score (nSPS) is 16.5. The van der Waals surface area contributed by atoms with Crippen molar-refractivity contribution in [3.8, 4) is 0 Å². The molecule has 1 aromatic heterocycles. The van der Waals surface area contributed by atoms with Crippen LogP contribution in [-0.4, -0.2) is 55.7 Å². The first-order chi connectivity index (χ1) is 9.58. The summed E-state index contributed by atoms with van der Waals surface area (Å²) < 4.78 is 11.3. The number of carboxylic acids is 1. The lowest BCUT2D eigenvalue weighted by molar-refractivity contribution is -0.131. The lowest BCUT2D eigenvalue weighted by atomic mass is 10.1. The summed E-state index contributed by atoms with van der Waals surface area (Å²) in [6, 6.07) is 3.28. The van der Waals surface area contributed by atoms with Gasteiger partial charge in [-0.25, -0.2) is 4.79 Å². The largest absolute Gasteiger partial charge is 0.478 e. The fourth-order valence-corrected chi connectivity index (χ4v) is 2.93. The highest BCUT2D eigenvalue weighted by Gasteiger charge is 2.23. The first-order valence-corrected chi connectivity index (χ1v) is 7.57. The van der Waals surface area contributed by atoms with E-state index in [1.54, 1.807) is 17.0 Å². The van der Waals surface area contributed by atoms with Gasteiger partial charge in [-0.2, -0.15) is 0 Å². The summed E-state index contributed by atoms with van der Waals surface area (Å²) in [5.41, 5.74) is 0.685. The van der Waals surface area contributed by atoms with Gasteiger partial charge >= 0.3 is 5.97 Å². The Morgan fingerprint density at radius 2 is 2.05 bits per heavy atom. The second-order valence-electron chi connectivity index (χ2n) is 4.25. The summed E-state index contributed by atoms with van der Waals surface area (Å²) in [6.07, 6.45) is 3.82. The molecule has 0 aromatic carbocycles. The van der Waals surface area contributed by atoms with Gasteiger partial charge in [-0.1, -0.05) is 6.07 Å². The Morgan fingerprint density at radius 1 is 1.35 bits per heavy atom. The van der Waals surface area contributed by atoms with Gasteiger partial charge in [-0.15, -0.1) is 0 Å².